The van der Waals surface area contributed by atoms with Crippen LogP contribution in [0.15, 0.2) is 46.7 Å². The summed E-state index contributed by atoms with van der Waals surface area (Å²) in [5.41, 5.74) is 1.60. The minimum absolute atomic E-state index is 0.177. The zero-order valence-corrected chi connectivity index (χ0v) is 15.5. The molecule has 0 spiro atoms. The molecule has 1 aromatic carbocycles. The Morgan fingerprint density at radius 2 is 1.88 bits per heavy atom. The van der Waals surface area contributed by atoms with Crippen molar-refractivity contribution < 1.29 is 9.59 Å². The van der Waals surface area contributed by atoms with Gasteiger partial charge < -0.3 is 0 Å². The Balaban J connectivity index is 1.80. The molecule has 2 aromatic rings. The molecule has 1 aliphatic rings. The van der Waals surface area contributed by atoms with Crippen LogP contribution in [0.5, 0.6) is 0 Å². The lowest BCUT2D eigenvalue weighted by atomic mass is 10.1. The minimum atomic E-state index is -0.188. The fourth-order valence-corrected chi connectivity index (χ4v) is 4.39. The summed E-state index contributed by atoms with van der Waals surface area (Å²) >= 11 is 8.82. The zero-order valence-electron chi connectivity index (χ0n) is 13.1. The van der Waals surface area contributed by atoms with E-state index < -0.39 is 0 Å². The van der Waals surface area contributed by atoms with E-state index in [9.17, 15) is 9.59 Å². The van der Waals surface area contributed by atoms with Crippen molar-refractivity contribution in [2.45, 2.75) is 13.3 Å². The van der Waals surface area contributed by atoms with Crippen molar-refractivity contribution in [1.29, 1.82) is 0 Å². The van der Waals surface area contributed by atoms with Gasteiger partial charge in [0.25, 0.3) is 11.8 Å². The summed E-state index contributed by atoms with van der Waals surface area (Å²) in [4.78, 5) is 28.3. The molecule has 0 unspecified atom stereocenters. The summed E-state index contributed by atoms with van der Waals surface area (Å²) in [5, 5.41) is 2.60. The van der Waals surface area contributed by atoms with E-state index in [1.165, 1.54) is 28.0 Å². The fourth-order valence-electron chi connectivity index (χ4n) is 2.57. The largest absolute Gasteiger partial charge is 0.273 e. The summed E-state index contributed by atoms with van der Waals surface area (Å²) in [6, 6.07) is 11.3. The Bertz CT molecular complexity index is 782. The van der Waals surface area contributed by atoms with Gasteiger partial charge in [-0.2, -0.15) is 0 Å². The van der Waals surface area contributed by atoms with Gasteiger partial charge in [-0.25, -0.2) is 0 Å². The molecule has 24 heavy (non-hydrogen) atoms. The number of benzene rings is 1. The molecular weight excluding hydrogens is 362 g/mol. The number of rotatable bonds is 6. The molecular formula is C18H16ClNO2S2. The van der Waals surface area contributed by atoms with E-state index in [0.29, 0.717) is 28.5 Å². The lowest BCUT2D eigenvalue weighted by molar-refractivity contribution is -0.136. The van der Waals surface area contributed by atoms with Gasteiger partial charge in [-0.1, -0.05) is 36.7 Å². The Hall–Kier alpha value is -1.56. The topological polar surface area (TPSA) is 37.4 Å². The van der Waals surface area contributed by atoms with Crippen LogP contribution in [-0.4, -0.2) is 29.0 Å². The molecule has 2 heterocycles. The number of hydrogen-bond acceptors (Lipinski definition) is 4. The highest BCUT2D eigenvalue weighted by Gasteiger charge is 2.38. The Labute approximate surface area is 154 Å². The third-order valence-corrected chi connectivity index (χ3v) is 5.81. The smallest absolute Gasteiger partial charge is 0.268 e. The van der Waals surface area contributed by atoms with Gasteiger partial charge in [0.05, 0.1) is 10.5 Å². The number of carbonyl (C=O) groups excluding carboxylic acids is 2. The number of imide groups is 1. The van der Waals surface area contributed by atoms with Crippen molar-refractivity contribution in [1.82, 2.24) is 4.90 Å². The van der Waals surface area contributed by atoms with Crippen molar-refractivity contribution in [3.8, 4) is 0 Å². The molecule has 0 aliphatic carbocycles. The SMILES string of the molecule is CCSC1=C(c2cccs2)C(=O)N(CCc2ccc(Cl)cc2)C1=O. The second kappa shape index (κ2) is 7.55. The van der Waals surface area contributed by atoms with Crippen LogP contribution in [0.3, 0.4) is 0 Å². The van der Waals surface area contributed by atoms with Crippen LogP contribution < -0.4 is 0 Å². The zero-order chi connectivity index (χ0) is 17.1. The van der Waals surface area contributed by atoms with E-state index in [1.807, 2.05) is 48.7 Å². The molecule has 1 aliphatic heterocycles. The lowest BCUT2D eigenvalue weighted by Crippen LogP contribution is -2.33. The second-order valence-corrected chi connectivity index (χ2v) is 7.91. The van der Waals surface area contributed by atoms with Gasteiger partial charge in [0.2, 0.25) is 0 Å². The number of thiophene rings is 1. The summed E-state index contributed by atoms with van der Waals surface area (Å²) in [6.45, 7) is 2.36. The number of amides is 2. The maximum atomic E-state index is 12.8. The van der Waals surface area contributed by atoms with Crippen LogP contribution in [0.4, 0.5) is 0 Å². The number of halogens is 1. The first-order chi connectivity index (χ1) is 11.6. The number of nitrogens with zero attached hydrogens (tertiary/aromatic N) is 1. The van der Waals surface area contributed by atoms with Gasteiger partial charge in [-0.05, 0) is 41.3 Å². The highest BCUT2D eigenvalue weighted by molar-refractivity contribution is 8.04. The Morgan fingerprint density at radius 3 is 2.50 bits per heavy atom. The maximum absolute atomic E-state index is 12.8. The van der Waals surface area contributed by atoms with Crippen molar-refractivity contribution in [3.63, 3.8) is 0 Å². The first kappa shape index (κ1) is 17.3. The van der Waals surface area contributed by atoms with Crippen LogP contribution >= 0.6 is 34.7 Å². The fraction of sp³-hybridized carbons (Fsp3) is 0.222. The second-order valence-electron chi connectivity index (χ2n) is 5.25. The van der Waals surface area contributed by atoms with Gasteiger partial charge in [0.1, 0.15) is 0 Å². The standard InChI is InChI=1S/C18H16ClNO2S2/c1-2-23-16-15(14-4-3-11-24-14)17(21)20(18(16)22)10-9-12-5-7-13(19)8-6-12/h3-8,11H,2,9-10H2,1H3. The highest BCUT2D eigenvalue weighted by Crippen LogP contribution is 2.37. The molecule has 124 valence electrons. The van der Waals surface area contributed by atoms with Crippen molar-refractivity contribution in [2.75, 3.05) is 12.3 Å². The summed E-state index contributed by atoms with van der Waals surface area (Å²) in [7, 11) is 0. The third kappa shape index (κ3) is 3.43. The van der Waals surface area contributed by atoms with Gasteiger partial charge in [-0.3, -0.25) is 14.5 Å². The predicted octanol–water partition coefficient (Wildman–Crippen LogP) is 4.48. The first-order valence-electron chi connectivity index (χ1n) is 7.63. The van der Waals surface area contributed by atoms with Crippen LogP contribution in [0.2, 0.25) is 5.02 Å². The van der Waals surface area contributed by atoms with Crippen LogP contribution in [0.1, 0.15) is 17.4 Å². The van der Waals surface area contributed by atoms with Crippen molar-refractivity contribution in [2.24, 2.45) is 0 Å². The first-order valence-corrected chi connectivity index (χ1v) is 9.87. The average molecular weight is 378 g/mol. The number of carbonyl (C=O) groups is 2. The normalized spacial score (nSPS) is 14.8. The molecule has 0 bridgehead atoms. The van der Waals surface area contributed by atoms with Gasteiger partial charge >= 0.3 is 0 Å². The summed E-state index contributed by atoms with van der Waals surface area (Å²) < 4.78 is 0. The van der Waals surface area contributed by atoms with Crippen LogP contribution in [-0.2, 0) is 16.0 Å². The van der Waals surface area contributed by atoms with Crippen molar-refractivity contribution in [3.05, 3.63) is 62.1 Å². The molecule has 0 saturated heterocycles. The molecule has 0 fully saturated rings. The molecule has 0 radical (unpaired) electrons. The molecule has 2 amide bonds. The van der Waals surface area contributed by atoms with Gasteiger partial charge in [0, 0.05) is 16.4 Å². The molecule has 0 atom stereocenters. The van der Waals surface area contributed by atoms with E-state index in [0.717, 1.165) is 16.2 Å². The lowest BCUT2D eigenvalue weighted by Gasteiger charge is -2.15. The van der Waals surface area contributed by atoms with Gasteiger partial charge in [0.15, 0.2) is 0 Å². The molecule has 3 rings (SSSR count). The third-order valence-electron chi connectivity index (χ3n) is 3.72. The van der Waals surface area contributed by atoms with Crippen LogP contribution in [0.25, 0.3) is 5.57 Å². The van der Waals surface area contributed by atoms with E-state index in [4.69, 9.17) is 11.6 Å². The van der Waals surface area contributed by atoms with E-state index >= 15 is 0 Å². The summed E-state index contributed by atoms with van der Waals surface area (Å²) in [6.07, 6.45) is 0.621. The predicted molar refractivity (Wildman–Crippen MR) is 101 cm³/mol. The number of hydrogen-bond donors (Lipinski definition) is 0. The molecule has 6 heteroatoms. The quantitative estimate of drug-likeness (QED) is 0.696. The summed E-state index contributed by atoms with van der Waals surface area (Å²) in [5.74, 6) is 0.394. The Kier molecular flexibility index (Phi) is 5.43. The minimum Gasteiger partial charge on any atom is -0.273 e. The molecule has 3 nitrogen and oxygen atoms in total. The monoisotopic (exact) mass is 377 g/mol. The van der Waals surface area contributed by atoms with Crippen molar-refractivity contribution >= 4 is 52.1 Å². The van der Waals surface area contributed by atoms with E-state index in [2.05, 4.69) is 0 Å². The van der Waals surface area contributed by atoms with E-state index in [1.54, 1.807) is 0 Å². The highest BCUT2D eigenvalue weighted by atomic mass is 35.5. The van der Waals surface area contributed by atoms with E-state index in [-0.39, 0.29) is 11.8 Å². The van der Waals surface area contributed by atoms with Gasteiger partial charge in [-0.15, -0.1) is 23.1 Å². The Morgan fingerprint density at radius 1 is 1.12 bits per heavy atom. The molecule has 0 N–H and O–H groups in total. The average Bonchev–Trinajstić information content (AvgIpc) is 3.16. The molecule has 1 aromatic heterocycles. The molecule has 0 saturated carbocycles. The maximum Gasteiger partial charge on any atom is 0.268 e. The van der Waals surface area contributed by atoms with Crippen LogP contribution in [0, 0.1) is 0 Å². The number of thioether (sulfide) groups is 1.